The van der Waals surface area contributed by atoms with E-state index in [4.69, 9.17) is 5.73 Å². The number of hydrogen-bond donors (Lipinski definition) is 1. The number of rotatable bonds is 3. The average molecular weight is 317 g/mol. The number of alkyl halides is 3. The molecule has 0 aliphatic heterocycles. The highest BCUT2D eigenvalue weighted by atomic mass is 32.1. The van der Waals surface area contributed by atoms with Crippen LogP contribution in [0.4, 0.5) is 13.2 Å². The monoisotopic (exact) mass is 317 g/mol. The molecule has 0 bridgehead atoms. The molecule has 21 heavy (non-hydrogen) atoms. The molecule has 1 amide bonds. The zero-order valence-corrected chi connectivity index (χ0v) is 12.3. The van der Waals surface area contributed by atoms with E-state index in [0.717, 1.165) is 15.1 Å². The minimum Gasteiger partial charge on any atom is -0.337 e. The molecule has 0 saturated carbocycles. The summed E-state index contributed by atoms with van der Waals surface area (Å²) in [5.74, 6) is -1.19. The number of nitrogens with two attached hydrogens (primary N) is 1. The summed E-state index contributed by atoms with van der Waals surface area (Å²) in [6.07, 6.45) is -4.80. The Kier molecular flexibility index (Phi) is 3.94. The first-order chi connectivity index (χ1) is 9.63. The Balaban J connectivity index is 2.17. The number of amides is 1. The Morgan fingerprint density at radius 2 is 2.00 bits per heavy atom. The number of halogens is 3. The van der Waals surface area contributed by atoms with E-state index in [1.54, 1.807) is 6.07 Å². The summed E-state index contributed by atoms with van der Waals surface area (Å²) in [6.45, 7) is 0.658. The Morgan fingerprint density at radius 3 is 2.57 bits per heavy atom. The van der Waals surface area contributed by atoms with E-state index in [9.17, 15) is 18.0 Å². The Morgan fingerprint density at radius 1 is 1.38 bits per heavy atom. The van der Waals surface area contributed by atoms with Crippen molar-refractivity contribution in [2.45, 2.75) is 25.2 Å². The van der Waals surface area contributed by atoms with Crippen molar-refractivity contribution < 1.29 is 18.0 Å². The molecule has 2 N–H and O–H groups in total. The summed E-state index contributed by atoms with van der Waals surface area (Å²) in [7, 11) is 1.28. The van der Waals surface area contributed by atoms with Crippen molar-refractivity contribution in [1.82, 2.24) is 9.88 Å². The van der Waals surface area contributed by atoms with E-state index in [1.807, 2.05) is 18.2 Å². The number of fused-ring (bicyclic) bond motifs is 1. The quantitative estimate of drug-likeness (QED) is 0.946. The van der Waals surface area contributed by atoms with Crippen LogP contribution in [0.1, 0.15) is 11.9 Å². The number of thiazole rings is 1. The van der Waals surface area contributed by atoms with Crippen molar-refractivity contribution in [3.63, 3.8) is 0 Å². The van der Waals surface area contributed by atoms with Crippen molar-refractivity contribution in [2.24, 2.45) is 5.73 Å². The molecule has 0 aliphatic rings. The van der Waals surface area contributed by atoms with E-state index in [1.165, 1.54) is 18.4 Å². The van der Waals surface area contributed by atoms with Gasteiger partial charge in [0.15, 0.2) is 5.54 Å². The highest BCUT2D eigenvalue weighted by molar-refractivity contribution is 7.18. The van der Waals surface area contributed by atoms with Crippen LogP contribution in [0.15, 0.2) is 24.3 Å². The lowest BCUT2D eigenvalue weighted by Crippen LogP contribution is -2.61. The van der Waals surface area contributed by atoms with Gasteiger partial charge in [0.1, 0.15) is 5.01 Å². The van der Waals surface area contributed by atoms with Gasteiger partial charge in [0.2, 0.25) is 0 Å². The minimum atomic E-state index is -4.80. The third kappa shape index (κ3) is 3.01. The number of carbonyl (C=O) groups excluding carboxylic acids is 1. The first-order valence-electron chi connectivity index (χ1n) is 6.08. The van der Waals surface area contributed by atoms with Crippen molar-refractivity contribution in [3.8, 4) is 0 Å². The highest BCUT2D eigenvalue weighted by Crippen LogP contribution is 2.30. The molecule has 0 spiro atoms. The Hall–Kier alpha value is -1.67. The predicted molar refractivity (Wildman–Crippen MR) is 74.7 cm³/mol. The largest absolute Gasteiger partial charge is 0.415 e. The molecule has 2 rings (SSSR count). The molecule has 0 radical (unpaired) electrons. The van der Waals surface area contributed by atoms with Crippen LogP contribution in [-0.4, -0.2) is 34.6 Å². The molecule has 1 aromatic heterocycles. The normalized spacial score (nSPS) is 15.0. The van der Waals surface area contributed by atoms with Gasteiger partial charge in [-0.2, -0.15) is 13.2 Å². The fourth-order valence-electron chi connectivity index (χ4n) is 1.78. The lowest BCUT2D eigenvalue weighted by atomic mass is 10.0. The zero-order valence-electron chi connectivity index (χ0n) is 11.4. The fourth-order valence-corrected chi connectivity index (χ4v) is 2.80. The van der Waals surface area contributed by atoms with Gasteiger partial charge in [-0.25, -0.2) is 4.98 Å². The SMILES string of the molecule is CN(Cc1nc2ccccc2s1)C(=O)C(C)(N)C(F)(F)F. The molecule has 4 nitrogen and oxygen atoms in total. The van der Waals surface area contributed by atoms with Crippen LogP contribution in [-0.2, 0) is 11.3 Å². The van der Waals surface area contributed by atoms with Crippen LogP contribution >= 0.6 is 11.3 Å². The zero-order chi connectivity index (χ0) is 15.8. The number of para-hydroxylation sites is 1. The summed E-state index contributed by atoms with van der Waals surface area (Å²) in [4.78, 5) is 17.1. The fraction of sp³-hybridized carbons (Fsp3) is 0.385. The lowest BCUT2D eigenvalue weighted by Gasteiger charge is -2.30. The molecule has 0 saturated heterocycles. The number of hydrogen-bond acceptors (Lipinski definition) is 4. The van der Waals surface area contributed by atoms with Gasteiger partial charge < -0.3 is 10.6 Å². The van der Waals surface area contributed by atoms with Gasteiger partial charge in [-0.1, -0.05) is 12.1 Å². The second-order valence-electron chi connectivity index (χ2n) is 4.94. The molecule has 1 heterocycles. The van der Waals surface area contributed by atoms with Crippen molar-refractivity contribution in [3.05, 3.63) is 29.3 Å². The Labute approximate surface area is 123 Å². The van der Waals surface area contributed by atoms with Gasteiger partial charge in [-0.3, -0.25) is 4.79 Å². The van der Waals surface area contributed by atoms with Crippen LogP contribution in [0, 0.1) is 0 Å². The first kappa shape index (κ1) is 15.7. The number of carbonyl (C=O) groups is 1. The number of benzene rings is 1. The van der Waals surface area contributed by atoms with E-state index < -0.39 is 17.6 Å². The van der Waals surface area contributed by atoms with E-state index in [2.05, 4.69) is 4.98 Å². The molecule has 1 atom stereocenters. The van der Waals surface area contributed by atoms with Crippen molar-refractivity contribution in [2.75, 3.05) is 7.05 Å². The van der Waals surface area contributed by atoms with Crippen LogP contribution in [0.25, 0.3) is 10.2 Å². The maximum atomic E-state index is 12.8. The molecule has 114 valence electrons. The molecular weight excluding hydrogens is 303 g/mol. The van der Waals surface area contributed by atoms with Gasteiger partial charge >= 0.3 is 6.18 Å². The number of aromatic nitrogens is 1. The van der Waals surface area contributed by atoms with Crippen LogP contribution in [0.2, 0.25) is 0 Å². The third-order valence-corrected chi connectivity index (χ3v) is 4.11. The predicted octanol–water partition coefficient (Wildman–Crippen LogP) is 2.53. The topological polar surface area (TPSA) is 59.2 Å². The highest BCUT2D eigenvalue weighted by Gasteiger charge is 2.54. The summed E-state index contributed by atoms with van der Waals surface area (Å²) < 4.78 is 39.2. The Bertz CT molecular complexity index is 633. The lowest BCUT2D eigenvalue weighted by molar-refractivity contribution is -0.193. The van der Waals surface area contributed by atoms with E-state index in [0.29, 0.717) is 11.9 Å². The van der Waals surface area contributed by atoms with Gasteiger partial charge in [-0.15, -0.1) is 11.3 Å². The minimum absolute atomic E-state index is 0.0128. The average Bonchev–Trinajstić information content (AvgIpc) is 2.78. The van der Waals surface area contributed by atoms with Gasteiger partial charge in [-0.05, 0) is 19.1 Å². The number of nitrogens with zero attached hydrogens (tertiary/aromatic N) is 2. The van der Waals surface area contributed by atoms with Crippen LogP contribution < -0.4 is 5.73 Å². The molecule has 0 fully saturated rings. The summed E-state index contributed by atoms with van der Waals surface area (Å²) in [6, 6.07) is 7.34. The van der Waals surface area contributed by atoms with Gasteiger partial charge in [0.25, 0.3) is 5.91 Å². The maximum absolute atomic E-state index is 12.8. The maximum Gasteiger partial charge on any atom is 0.415 e. The van der Waals surface area contributed by atoms with Crippen LogP contribution in [0.5, 0.6) is 0 Å². The molecular formula is C13H14F3N3OS. The second-order valence-corrected chi connectivity index (χ2v) is 6.05. The van der Waals surface area contributed by atoms with Gasteiger partial charge in [0, 0.05) is 7.05 Å². The molecule has 1 unspecified atom stereocenters. The van der Waals surface area contributed by atoms with Crippen LogP contribution in [0.3, 0.4) is 0 Å². The smallest absolute Gasteiger partial charge is 0.337 e. The molecule has 1 aromatic carbocycles. The van der Waals surface area contributed by atoms with Crippen molar-refractivity contribution >= 4 is 27.5 Å². The second kappa shape index (κ2) is 5.27. The molecule has 0 aliphatic carbocycles. The van der Waals surface area contributed by atoms with E-state index in [-0.39, 0.29) is 6.54 Å². The summed E-state index contributed by atoms with van der Waals surface area (Å²) in [5, 5.41) is 0.560. The molecule has 8 heteroatoms. The first-order valence-corrected chi connectivity index (χ1v) is 6.90. The summed E-state index contributed by atoms with van der Waals surface area (Å²) >= 11 is 1.33. The van der Waals surface area contributed by atoms with E-state index >= 15 is 0 Å². The van der Waals surface area contributed by atoms with Gasteiger partial charge in [0.05, 0.1) is 16.8 Å². The van der Waals surface area contributed by atoms with Crippen molar-refractivity contribution in [1.29, 1.82) is 0 Å². The summed E-state index contributed by atoms with van der Waals surface area (Å²) in [5.41, 5.74) is 2.98. The third-order valence-electron chi connectivity index (χ3n) is 3.09. The molecule has 2 aromatic rings. The number of likely N-dealkylation sites (N-methyl/N-ethyl adjacent to an activating group) is 1. The standard InChI is InChI=1S/C13H14F3N3OS/c1-12(17,13(14,15)16)11(20)19(2)7-10-18-8-5-3-4-6-9(8)21-10/h3-6H,7,17H2,1-2H3.